The molecule has 0 unspecified atom stereocenters. The first kappa shape index (κ1) is 15.5. The Morgan fingerprint density at radius 1 is 1.09 bits per heavy atom. The van der Waals surface area contributed by atoms with Crippen LogP contribution < -0.4 is 4.74 Å². The second-order valence-corrected chi connectivity index (χ2v) is 5.17. The van der Waals surface area contributed by atoms with Crippen molar-refractivity contribution < 1.29 is 9.53 Å². The molecule has 0 atom stereocenters. The lowest BCUT2D eigenvalue weighted by Gasteiger charge is -2.05. The lowest BCUT2D eigenvalue weighted by Crippen LogP contribution is -2.08. The van der Waals surface area contributed by atoms with Crippen molar-refractivity contribution in [1.29, 1.82) is 10.5 Å². The van der Waals surface area contributed by atoms with E-state index in [1.165, 1.54) is 6.08 Å². The summed E-state index contributed by atoms with van der Waals surface area (Å²) in [7, 11) is 0. The van der Waals surface area contributed by atoms with Crippen LogP contribution in [0.25, 0.3) is 6.08 Å². The number of rotatable bonds is 3. The molecule has 0 aliphatic carbocycles. The number of nitriles is 2. The molecule has 0 aromatic heterocycles. The second-order valence-electron chi connectivity index (χ2n) is 4.25. The molecule has 106 valence electrons. The topological polar surface area (TPSA) is 73.9 Å². The third-order valence-corrected chi connectivity index (χ3v) is 3.20. The molecule has 0 saturated carbocycles. The first-order valence-corrected chi connectivity index (χ1v) is 7.01. The van der Waals surface area contributed by atoms with E-state index in [4.69, 9.17) is 15.3 Å². The van der Waals surface area contributed by atoms with Gasteiger partial charge in [-0.2, -0.15) is 10.5 Å². The van der Waals surface area contributed by atoms with Gasteiger partial charge in [0.15, 0.2) is 0 Å². The molecule has 0 N–H and O–H groups in total. The fourth-order valence-corrected chi connectivity index (χ4v) is 2.07. The van der Waals surface area contributed by atoms with E-state index in [1.54, 1.807) is 54.6 Å². The summed E-state index contributed by atoms with van der Waals surface area (Å²) in [6, 6.07) is 17.0. The van der Waals surface area contributed by atoms with Crippen molar-refractivity contribution >= 4 is 28.0 Å². The zero-order valence-corrected chi connectivity index (χ0v) is 12.9. The Balaban J connectivity index is 2.12. The van der Waals surface area contributed by atoms with E-state index in [-0.39, 0.29) is 5.57 Å². The van der Waals surface area contributed by atoms with Gasteiger partial charge in [0, 0.05) is 4.47 Å². The van der Waals surface area contributed by atoms with Crippen LogP contribution >= 0.6 is 15.9 Å². The zero-order chi connectivity index (χ0) is 15.9. The van der Waals surface area contributed by atoms with Gasteiger partial charge < -0.3 is 4.74 Å². The number of halogens is 1. The van der Waals surface area contributed by atoms with Crippen molar-refractivity contribution in [2.24, 2.45) is 0 Å². The van der Waals surface area contributed by atoms with E-state index in [0.29, 0.717) is 16.9 Å². The Morgan fingerprint density at radius 3 is 2.36 bits per heavy atom. The molecule has 5 heteroatoms. The van der Waals surface area contributed by atoms with Crippen molar-refractivity contribution in [2.45, 2.75) is 0 Å². The molecule has 22 heavy (non-hydrogen) atoms. The number of nitrogens with zero attached hydrogens (tertiary/aromatic N) is 2. The van der Waals surface area contributed by atoms with Gasteiger partial charge in [-0.3, -0.25) is 0 Å². The van der Waals surface area contributed by atoms with Gasteiger partial charge in [0.2, 0.25) is 0 Å². The summed E-state index contributed by atoms with van der Waals surface area (Å²) in [6.07, 6.45) is 1.46. The van der Waals surface area contributed by atoms with Gasteiger partial charge in [-0.25, -0.2) is 4.79 Å². The molecule has 0 amide bonds. The molecule has 0 fully saturated rings. The Bertz CT molecular complexity index is 796. The summed E-state index contributed by atoms with van der Waals surface area (Å²) in [5, 5.41) is 17.4. The fourth-order valence-electron chi connectivity index (χ4n) is 1.67. The summed E-state index contributed by atoms with van der Waals surface area (Å²) >= 11 is 3.29. The molecule has 0 heterocycles. The van der Waals surface area contributed by atoms with Gasteiger partial charge in [0.05, 0.1) is 5.56 Å². The highest BCUT2D eigenvalue weighted by Gasteiger charge is 2.08. The van der Waals surface area contributed by atoms with Crippen LogP contribution in [0.15, 0.2) is 58.6 Å². The predicted molar refractivity (Wildman–Crippen MR) is 84.7 cm³/mol. The molecule has 0 bridgehead atoms. The van der Waals surface area contributed by atoms with Crippen LogP contribution in [0.2, 0.25) is 0 Å². The Morgan fingerprint density at radius 2 is 1.77 bits per heavy atom. The predicted octanol–water partition coefficient (Wildman–Crippen LogP) is 4.10. The molecular weight excluding hydrogens is 344 g/mol. The van der Waals surface area contributed by atoms with E-state index in [2.05, 4.69) is 15.9 Å². The highest BCUT2D eigenvalue weighted by molar-refractivity contribution is 9.10. The first-order valence-electron chi connectivity index (χ1n) is 6.22. The van der Waals surface area contributed by atoms with Crippen LogP contribution in [-0.2, 0) is 0 Å². The third kappa shape index (κ3) is 4.05. The minimum Gasteiger partial charge on any atom is -0.423 e. The largest absolute Gasteiger partial charge is 0.423 e. The molecule has 0 saturated heterocycles. The van der Waals surface area contributed by atoms with E-state index in [1.807, 2.05) is 6.07 Å². The summed E-state index contributed by atoms with van der Waals surface area (Å²) in [6.45, 7) is 0. The number of benzene rings is 2. The van der Waals surface area contributed by atoms with Gasteiger partial charge in [-0.1, -0.05) is 34.1 Å². The van der Waals surface area contributed by atoms with Crippen LogP contribution in [-0.4, -0.2) is 5.97 Å². The first-order chi connectivity index (χ1) is 10.6. The summed E-state index contributed by atoms with van der Waals surface area (Å²) in [5.74, 6) is -0.0723. The van der Waals surface area contributed by atoms with E-state index < -0.39 is 5.97 Å². The average Bonchev–Trinajstić information content (AvgIpc) is 2.54. The normalized spacial score (nSPS) is 9.23. The quantitative estimate of drug-likeness (QED) is 0.473. The second kappa shape index (κ2) is 7.21. The smallest absolute Gasteiger partial charge is 0.343 e. The Hall–Kier alpha value is -2.89. The minimum absolute atomic E-state index is 0.0129. The van der Waals surface area contributed by atoms with Gasteiger partial charge >= 0.3 is 5.97 Å². The maximum absolute atomic E-state index is 12.0. The van der Waals surface area contributed by atoms with Crippen LogP contribution in [0.4, 0.5) is 0 Å². The van der Waals surface area contributed by atoms with Gasteiger partial charge in [0.1, 0.15) is 23.5 Å². The summed E-state index contributed by atoms with van der Waals surface area (Å²) in [4.78, 5) is 12.0. The van der Waals surface area contributed by atoms with Gasteiger partial charge in [0.25, 0.3) is 0 Å². The molecule has 2 rings (SSSR count). The Kier molecular flexibility index (Phi) is 5.08. The van der Waals surface area contributed by atoms with Crippen LogP contribution in [0.3, 0.4) is 0 Å². The van der Waals surface area contributed by atoms with Crippen molar-refractivity contribution in [1.82, 2.24) is 0 Å². The SMILES string of the molecule is N#CC(C#N)=Cc1ccc(OC(=O)c2cccc(Br)c2)cc1. The number of hydrogen-bond acceptors (Lipinski definition) is 4. The van der Waals surface area contributed by atoms with E-state index >= 15 is 0 Å². The molecule has 0 aliphatic heterocycles. The summed E-state index contributed by atoms with van der Waals surface area (Å²) in [5.41, 5.74) is 1.13. The molecule has 0 aliphatic rings. The number of esters is 1. The lowest BCUT2D eigenvalue weighted by atomic mass is 10.1. The van der Waals surface area contributed by atoms with Crippen LogP contribution in [0, 0.1) is 22.7 Å². The molecular formula is C17H9BrN2O2. The monoisotopic (exact) mass is 352 g/mol. The number of hydrogen-bond donors (Lipinski definition) is 0. The van der Waals surface area contributed by atoms with E-state index in [9.17, 15) is 4.79 Å². The van der Waals surface area contributed by atoms with Gasteiger partial charge in [-0.05, 0) is 42.0 Å². The molecule has 4 nitrogen and oxygen atoms in total. The zero-order valence-electron chi connectivity index (χ0n) is 11.3. The maximum atomic E-state index is 12.0. The van der Waals surface area contributed by atoms with Gasteiger partial charge in [-0.15, -0.1) is 0 Å². The maximum Gasteiger partial charge on any atom is 0.343 e. The van der Waals surface area contributed by atoms with Crippen molar-refractivity contribution in [3.8, 4) is 17.9 Å². The number of carbonyl (C=O) groups is 1. The lowest BCUT2D eigenvalue weighted by molar-refractivity contribution is 0.0734. The third-order valence-electron chi connectivity index (χ3n) is 2.70. The van der Waals surface area contributed by atoms with E-state index in [0.717, 1.165) is 4.47 Å². The van der Waals surface area contributed by atoms with Crippen LogP contribution in [0.5, 0.6) is 5.75 Å². The Labute approximate surface area is 136 Å². The fraction of sp³-hybridized carbons (Fsp3) is 0. The average molecular weight is 353 g/mol. The molecule has 2 aromatic rings. The standard InChI is InChI=1S/C17H9BrN2O2/c18-15-3-1-2-14(9-15)17(21)22-16-6-4-12(5-7-16)8-13(10-19)11-20/h1-9H. The number of allylic oxidation sites excluding steroid dienone is 1. The van der Waals surface area contributed by atoms with Crippen LogP contribution in [0.1, 0.15) is 15.9 Å². The highest BCUT2D eigenvalue weighted by Crippen LogP contribution is 2.17. The summed E-state index contributed by atoms with van der Waals surface area (Å²) < 4.78 is 6.05. The number of carbonyl (C=O) groups excluding carboxylic acids is 1. The highest BCUT2D eigenvalue weighted by atomic mass is 79.9. The molecule has 0 radical (unpaired) electrons. The number of ether oxygens (including phenoxy) is 1. The van der Waals surface area contributed by atoms with Crippen molar-refractivity contribution in [3.05, 3.63) is 69.7 Å². The van der Waals surface area contributed by atoms with Crippen molar-refractivity contribution in [3.63, 3.8) is 0 Å². The minimum atomic E-state index is -0.459. The van der Waals surface area contributed by atoms with Crippen molar-refractivity contribution in [2.75, 3.05) is 0 Å². The molecule has 2 aromatic carbocycles. The molecule has 0 spiro atoms.